The smallest absolute Gasteiger partial charge is 0.298 e. The molecule has 2 aromatic rings. The van der Waals surface area contributed by atoms with Gasteiger partial charge in [0.05, 0.1) is 23.8 Å². The Morgan fingerprint density at radius 2 is 1.78 bits per heavy atom. The lowest BCUT2D eigenvalue weighted by molar-refractivity contribution is 0.00159. The first-order valence-corrected chi connectivity index (χ1v) is 15.4. The summed E-state index contributed by atoms with van der Waals surface area (Å²) in [6.45, 7) is 14.4. The van der Waals surface area contributed by atoms with Gasteiger partial charge in [-0.15, -0.1) is 6.58 Å². The molecular weight excluding hydrogens is 469 g/mol. The van der Waals surface area contributed by atoms with E-state index in [1.807, 2.05) is 24.4 Å². The molecule has 0 saturated carbocycles. The molecule has 0 aliphatic carbocycles. The molecule has 1 aromatic heterocycles. The summed E-state index contributed by atoms with van der Waals surface area (Å²) in [6, 6.07) is 10.3. The van der Waals surface area contributed by atoms with Crippen LogP contribution in [0.15, 0.2) is 49.2 Å². The van der Waals surface area contributed by atoms with Crippen molar-refractivity contribution >= 4 is 18.6 Å². The number of fused-ring (bicyclic) bond motifs is 4. The molecule has 3 saturated heterocycles. The van der Waals surface area contributed by atoms with Crippen molar-refractivity contribution in [2.75, 3.05) is 13.1 Å². The minimum atomic E-state index is -3.63. The molecule has 198 valence electrons. The number of nitrogens with zero attached hydrogens (tertiary/aromatic N) is 2. The minimum absolute atomic E-state index is 0.124. The van der Waals surface area contributed by atoms with E-state index in [1.165, 1.54) is 6.42 Å². The summed E-state index contributed by atoms with van der Waals surface area (Å²) in [4.78, 5) is 7.16. The van der Waals surface area contributed by atoms with Crippen molar-refractivity contribution in [2.24, 2.45) is 11.8 Å². The Labute approximate surface area is 217 Å². The predicted octanol–water partition coefficient (Wildman–Crippen LogP) is 7.28. The van der Waals surface area contributed by atoms with Crippen LogP contribution in [-0.4, -0.2) is 41.2 Å². The highest BCUT2D eigenvalue weighted by Gasteiger charge is 2.45. The van der Waals surface area contributed by atoms with Crippen LogP contribution in [0.5, 0.6) is 0 Å². The highest BCUT2D eigenvalue weighted by molar-refractivity contribution is 7.51. The van der Waals surface area contributed by atoms with Gasteiger partial charge in [0.25, 0.3) is 0 Å². The van der Waals surface area contributed by atoms with E-state index in [2.05, 4.69) is 67.5 Å². The Kier molecular flexibility index (Phi) is 9.40. The molecule has 3 fully saturated rings. The third kappa shape index (κ3) is 5.95. The minimum Gasteiger partial charge on any atom is -0.298 e. The van der Waals surface area contributed by atoms with Crippen molar-refractivity contribution in [3.63, 3.8) is 0 Å². The zero-order chi connectivity index (χ0) is 25.7. The van der Waals surface area contributed by atoms with Gasteiger partial charge in [-0.3, -0.25) is 18.9 Å². The van der Waals surface area contributed by atoms with Crippen LogP contribution in [0.3, 0.4) is 0 Å². The molecule has 5 atom stereocenters. The van der Waals surface area contributed by atoms with Crippen LogP contribution in [0.2, 0.25) is 0 Å². The Balaban J connectivity index is 1.76. The van der Waals surface area contributed by atoms with Crippen molar-refractivity contribution in [3.05, 3.63) is 54.7 Å². The number of piperidine rings is 3. The first-order valence-electron chi connectivity index (χ1n) is 13.9. The van der Waals surface area contributed by atoms with Crippen LogP contribution >= 0.6 is 7.75 Å². The molecule has 5 rings (SSSR count). The summed E-state index contributed by atoms with van der Waals surface area (Å²) < 4.78 is 27.2. The summed E-state index contributed by atoms with van der Waals surface area (Å²) in [6.07, 6.45) is 9.10. The number of para-hydroxylation sites is 1. The molecular formula is C29H44N3O3P. The van der Waals surface area contributed by atoms with Crippen molar-refractivity contribution in [2.45, 2.75) is 90.5 Å². The highest BCUT2D eigenvalue weighted by atomic mass is 31.2. The van der Waals surface area contributed by atoms with E-state index in [1.54, 1.807) is 0 Å². The summed E-state index contributed by atoms with van der Waals surface area (Å²) in [5, 5.41) is 4.62. The van der Waals surface area contributed by atoms with Gasteiger partial charge in [-0.2, -0.15) is 0 Å². The van der Waals surface area contributed by atoms with E-state index in [9.17, 15) is 4.57 Å². The molecule has 7 heteroatoms. The maximum atomic E-state index is 14.6. The van der Waals surface area contributed by atoms with Gasteiger partial charge >= 0.3 is 7.75 Å². The van der Waals surface area contributed by atoms with Crippen LogP contribution in [-0.2, 0) is 13.6 Å². The fraction of sp³-hybridized carbons (Fsp3) is 0.621. The normalized spacial score (nSPS) is 25.1. The van der Waals surface area contributed by atoms with E-state index in [0.29, 0.717) is 11.8 Å². The van der Waals surface area contributed by atoms with E-state index in [4.69, 9.17) is 9.05 Å². The van der Waals surface area contributed by atoms with Crippen molar-refractivity contribution in [3.8, 4) is 0 Å². The average molecular weight is 514 g/mol. The fourth-order valence-corrected chi connectivity index (χ4v) is 8.20. The molecule has 3 aliphatic heterocycles. The highest BCUT2D eigenvalue weighted by Crippen LogP contribution is 2.53. The Morgan fingerprint density at radius 3 is 2.36 bits per heavy atom. The Morgan fingerprint density at radius 1 is 1.11 bits per heavy atom. The second-order valence-electron chi connectivity index (χ2n) is 10.4. The predicted molar refractivity (Wildman–Crippen MR) is 148 cm³/mol. The van der Waals surface area contributed by atoms with Gasteiger partial charge in [0.2, 0.25) is 0 Å². The standard InChI is InChI=1S/C29H44N3O3P/c1-6-21-20-32-18-16-22(21)19-28(32)29(26-15-17-30-27-14-12-11-13-25(26)27)31-36(33,34-23(7-2)8-3)35-24(9-4)10-5/h6,11-15,17,21-24,28-29H,1,7-10,16,18-20H2,2-5H3,(H,31,33)/t21?,22?,28?,29-/m0/s1. The number of benzene rings is 1. The molecule has 0 amide bonds. The molecule has 1 N–H and O–H groups in total. The zero-order valence-electron chi connectivity index (χ0n) is 22.4. The number of aromatic nitrogens is 1. The second-order valence-corrected chi connectivity index (χ2v) is 12.0. The summed E-state index contributed by atoms with van der Waals surface area (Å²) in [5.74, 6) is 1.10. The maximum absolute atomic E-state index is 14.6. The molecule has 2 bridgehead atoms. The van der Waals surface area contributed by atoms with E-state index >= 15 is 0 Å². The Hall–Kier alpha value is -1.56. The van der Waals surface area contributed by atoms with Crippen LogP contribution in [0.4, 0.5) is 0 Å². The maximum Gasteiger partial charge on any atom is 0.406 e. The van der Waals surface area contributed by atoms with Gasteiger partial charge in [0, 0.05) is 24.2 Å². The molecule has 4 unspecified atom stereocenters. The van der Waals surface area contributed by atoms with Gasteiger partial charge in [0.15, 0.2) is 0 Å². The lowest BCUT2D eigenvalue weighted by Gasteiger charge is -2.52. The lowest BCUT2D eigenvalue weighted by atomic mass is 9.73. The first kappa shape index (κ1) is 27.5. The zero-order valence-corrected chi connectivity index (χ0v) is 23.3. The molecule has 0 spiro atoms. The summed E-state index contributed by atoms with van der Waals surface area (Å²) >= 11 is 0. The fourth-order valence-electron chi connectivity index (χ4n) is 6.00. The Bertz CT molecular complexity index is 1030. The quantitative estimate of drug-likeness (QED) is 0.224. The largest absolute Gasteiger partial charge is 0.406 e. The third-order valence-corrected chi connectivity index (χ3v) is 10.00. The topological polar surface area (TPSA) is 63.7 Å². The number of pyridine rings is 1. The van der Waals surface area contributed by atoms with Gasteiger partial charge in [-0.05, 0) is 74.6 Å². The summed E-state index contributed by atoms with van der Waals surface area (Å²) in [7, 11) is -3.63. The average Bonchev–Trinajstić information content (AvgIpc) is 2.93. The van der Waals surface area contributed by atoms with E-state index in [0.717, 1.165) is 61.7 Å². The van der Waals surface area contributed by atoms with Crippen molar-refractivity contribution < 1.29 is 13.6 Å². The number of hydrogen-bond donors (Lipinski definition) is 1. The molecule has 4 heterocycles. The molecule has 0 radical (unpaired) electrons. The van der Waals surface area contributed by atoms with Crippen molar-refractivity contribution in [1.82, 2.24) is 15.0 Å². The molecule has 6 nitrogen and oxygen atoms in total. The van der Waals surface area contributed by atoms with E-state index in [-0.39, 0.29) is 24.3 Å². The monoisotopic (exact) mass is 513 g/mol. The third-order valence-electron chi connectivity index (χ3n) is 8.25. The number of rotatable bonds is 13. The van der Waals surface area contributed by atoms with Gasteiger partial charge in [-0.1, -0.05) is 52.0 Å². The number of hydrogen-bond acceptors (Lipinski definition) is 5. The molecule has 3 aliphatic rings. The number of nitrogens with one attached hydrogen (secondary N) is 1. The van der Waals surface area contributed by atoms with Gasteiger partial charge in [-0.25, -0.2) is 9.65 Å². The van der Waals surface area contributed by atoms with Crippen LogP contribution in [0, 0.1) is 11.8 Å². The molecule has 1 aromatic carbocycles. The molecule has 36 heavy (non-hydrogen) atoms. The van der Waals surface area contributed by atoms with Crippen LogP contribution < -0.4 is 5.09 Å². The van der Waals surface area contributed by atoms with E-state index < -0.39 is 7.75 Å². The first-order chi connectivity index (χ1) is 17.4. The summed E-state index contributed by atoms with van der Waals surface area (Å²) in [5.41, 5.74) is 2.05. The van der Waals surface area contributed by atoms with Gasteiger partial charge < -0.3 is 0 Å². The second kappa shape index (κ2) is 12.3. The van der Waals surface area contributed by atoms with Gasteiger partial charge in [0.1, 0.15) is 0 Å². The van der Waals surface area contributed by atoms with Crippen LogP contribution in [0.1, 0.15) is 77.8 Å². The van der Waals surface area contributed by atoms with Crippen molar-refractivity contribution in [1.29, 1.82) is 0 Å². The van der Waals surface area contributed by atoms with Crippen LogP contribution in [0.25, 0.3) is 10.9 Å². The lowest BCUT2D eigenvalue weighted by Crippen LogP contribution is -2.56. The SMILES string of the molecule is C=CC1CN2CCC1CC2[C@@H](NP(=O)(OC(CC)CC)OC(CC)CC)c1ccnc2ccccc12.